The number of nitrogens with zero attached hydrogens (tertiary/aromatic N) is 1. The molecule has 0 atom stereocenters. The Balaban J connectivity index is 2.77. The number of pyridine rings is 1. The van der Waals surface area contributed by atoms with Gasteiger partial charge >= 0.3 is 18.3 Å². The minimum Gasteiger partial charge on any atom is -0.462 e. The number of hydrogen-bond acceptors (Lipinski definition) is 4. The molecule has 1 heterocycles. The Bertz CT molecular complexity index is 921. The summed E-state index contributed by atoms with van der Waals surface area (Å²) < 4.78 is 85.6. The van der Waals surface area contributed by atoms with Crippen LogP contribution >= 0.6 is 11.8 Å². The molecule has 0 N–H and O–H groups in total. The number of aromatic nitrogens is 1. The molecule has 0 aliphatic carbocycles. The number of benzene rings is 1. The van der Waals surface area contributed by atoms with Crippen LogP contribution in [0.25, 0.3) is 0 Å². The molecule has 0 fully saturated rings. The summed E-state index contributed by atoms with van der Waals surface area (Å²) in [6.45, 7) is 6.01. The average Bonchev–Trinajstić information content (AvgIpc) is 2.61. The van der Waals surface area contributed by atoms with Crippen molar-refractivity contribution in [2.24, 2.45) is 0 Å². The zero-order chi connectivity index (χ0) is 22.9. The first-order valence-corrected chi connectivity index (χ1v) is 9.72. The van der Waals surface area contributed by atoms with Crippen LogP contribution < -0.4 is 0 Å². The van der Waals surface area contributed by atoms with Crippen molar-refractivity contribution in [1.29, 1.82) is 0 Å². The van der Waals surface area contributed by atoms with Gasteiger partial charge in [-0.25, -0.2) is 9.78 Å². The number of esters is 1. The van der Waals surface area contributed by atoms with Crippen molar-refractivity contribution < 1.29 is 35.9 Å². The second-order valence-corrected chi connectivity index (χ2v) is 7.76. The molecule has 0 unspecified atom stereocenters. The summed E-state index contributed by atoms with van der Waals surface area (Å²) in [5.74, 6) is -1.19. The van der Waals surface area contributed by atoms with Gasteiger partial charge in [0.15, 0.2) is 5.69 Å². The normalized spacial score (nSPS) is 12.4. The van der Waals surface area contributed by atoms with E-state index in [0.29, 0.717) is 16.7 Å². The molecule has 164 valence electrons. The molecular weight excluding hydrogens is 432 g/mol. The van der Waals surface area contributed by atoms with Gasteiger partial charge in [0.2, 0.25) is 0 Å². The lowest BCUT2D eigenvalue weighted by Gasteiger charge is -2.20. The molecule has 10 heteroatoms. The molecule has 0 saturated carbocycles. The summed E-state index contributed by atoms with van der Waals surface area (Å²) in [5.41, 5.74) is -4.25. The van der Waals surface area contributed by atoms with Crippen LogP contribution in [0, 0.1) is 6.92 Å². The predicted octanol–water partition coefficient (Wildman–Crippen LogP) is 6.88. The van der Waals surface area contributed by atoms with Crippen LogP contribution in [0.2, 0.25) is 0 Å². The first-order valence-electron chi connectivity index (χ1n) is 8.91. The van der Waals surface area contributed by atoms with Gasteiger partial charge in [-0.3, -0.25) is 0 Å². The molecule has 0 amide bonds. The van der Waals surface area contributed by atoms with Gasteiger partial charge in [0.1, 0.15) is 11.3 Å². The Morgan fingerprint density at radius 2 is 1.57 bits per heavy atom. The summed E-state index contributed by atoms with van der Waals surface area (Å²) in [6.07, 6.45) is -10.4. The molecule has 0 aliphatic heterocycles. The Morgan fingerprint density at radius 1 is 1.03 bits per heavy atom. The van der Waals surface area contributed by atoms with E-state index in [1.807, 2.05) is 13.8 Å². The topological polar surface area (TPSA) is 39.2 Å². The average molecular weight is 451 g/mol. The molecule has 2 rings (SSSR count). The fourth-order valence-corrected chi connectivity index (χ4v) is 3.73. The van der Waals surface area contributed by atoms with E-state index in [2.05, 4.69) is 4.98 Å². The maximum atomic E-state index is 13.6. The fraction of sp³-hybridized carbons (Fsp3) is 0.400. The van der Waals surface area contributed by atoms with Gasteiger partial charge in [0.05, 0.1) is 6.61 Å². The largest absolute Gasteiger partial charge is 0.462 e. The third kappa shape index (κ3) is 5.27. The van der Waals surface area contributed by atoms with Crippen molar-refractivity contribution in [2.75, 3.05) is 6.61 Å². The van der Waals surface area contributed by atoms with Crippen molar-refractivity contribution in [1.82, 2.24) is 4.98 Å². The van der Waals surface area contributed by atoms with Gasteiger partial charge in [-0.1, -0.05) is 37.7 Å². The minimum absolute atomic E-state index is 0.190. The van der Waals surface area contributed by atoms with Gasteiger partial charge < -0.3 is 4.74 Å². The molecular formula is C20H19F6NO2S. The summed E-state index contributed by atoms with van der Waals surface area (Å²) >= 11 is 0.635. The van der Waals surface area contributed by atoms with Crippen LogP contribution in [0.4, 0.5) is 26.3 Å². The summed E-state index contributed by atoms with van der Waals surface area (Å²) in [7, 11) is 0. The number of halogens is 6. The van der Waals surface area contributed by atoms with Crippen LogP contribution in [0.3, 0.4) is 0 Å². The van der Waals surface area contributed by atoms with Crippen molar-refractivity contribution >= 4 is 17.7 Å². The minimum atomic E-state index is -5.29. The molecule has 0 radical (unpaired) electrons. The van der Waals surface area contributed by atoms with E-state index in [4.69, 9.17) is 4.74 Å². The van der Waals surface area contributed by atoms with Crippen molar-refractivity contribution in [3.8, 4) is 0 Å². The van der Waals surface area contributed by atoms with Crippen molar-refractivity contribution in [3.63, 3.8) is 0 Å². The molecule has 1 aromatic heterocycles. The SMILES string of the molecule is CCOC(=O)c1c(C(F)(F)F)nc(C(F)(F)F)c(C)c1Sc1ccc(C(C)C)cc1. The zero-order valence-corrected chi connectivity index (χ0v) is 17.4. The third-order valence-corrected chi connectivity index (χ3v) is 5.39. The number of hydrogen-bond donors (Lipinski definition) is 0. The van der Waals surface area contributed by atoms with E-state index in [0.717, 1.165) is 12.5 Å². The van der Waals surface area contributed by atoms with E-state index in [1.165, 1.54) is 6.92 Å². The van der Waals surface area contributed by atoms with Crippen LogP contribution in [-0.4, -0.2) is 17.6 Å². The molecule has 0 aliphatic rings. The highest BCUT2D eigenvalue weighted by Crippen LogP contribution is 2.44. The van der Waals surface area contributed by atoms with Crippen molar-refractivity contribution in [3.05, 3.63) is 52.3 Å². The molecule has 3 nitrogen and oxygen atoms in total. The lowest BCUT2D eigenvalue weighted by molar-refractivity contribution is -0.151. The molecule has 1 aromatic carbocycles. The van der Waals surface area contributed by atoms with E-state index < -0.39 is 45.7 Å². The smallest absolute Gasteiger partial charge is 0.434 e. The first kappa shape index (κ1) is 24.0. The summed E-state index contributed by atoms with van der Waals surface area (Å²) in [4.78, 5) is 15.0. The first-order chi connectivity index (χ1) is 13.8. The second-order valence-electron chi connectivity index (χ2n) is 6.68. The van der Waals surface area contributed by atoms with Gasteiger partial charge in [-0.2, -0.15) is 26.3 Å². The molecule has 0 spiro atoms. The summed E-state index contributed by atoms with van der Waals surface area (Å²) in [6, 6.07) is 6.61. The van der Waals surface area contributed by atoms with Crippen molar-refractivity contribution in [2.45, 2.75) is 55.8 Å². The molecule has 30 heavy (non-hydrogen) atoms. The number of carbonyl (C=O) groups excluding carboxylic acids is 1. The van der Waals surface area contributed by atoms with Gasteiger partial charge in [-0.05, 0) is 43.0 Å². The highest BCUT2D eigenvalue weighted by Gasteiger charge is 2.45. The Morgan fingerprint density at radius 3 is 2.00 bits per heavy atom. The number of ether oxygens (including phenoxy) is 1. The lowest BCUT2D eigenvalue weighted by atomic mass is 10.0. The van der Waals surface area contributed by atoms with E-state index in [9.17, 15) is 31.1 Å². The van der Waals surface area contributed by atoms with E-state index in [1.54, 1.807) is 24.3 Å². The van der Waals surface area contributed by atoms with Gasteiger partial charge in [0.25, 0.3) is 0 Å². The standard InChI is InChI=1S/C20H19F6NO2S/c1-5-29-18(28)14-15(30-13-8-6-12(7-9-13)10(2)3)11(4)16(19(21,22)23)27-17(14)20(24,25)26/h6-10H,5H2,1-4H3. The van der Waals surface area contributed by atoms with Crippen LogP contribution in [0.5, 0.6) is 0 Å². The predicted molar refractivity (Wildman–Crippen MR) is 99.6 cm³/mol. The van der Waals surface area contributed by atoms with E-state index in [-0.39, 0.29) is 12.5 Å². The lowest BCUT2D eigenvalue weighted by Crippen LogP contribution is -2.23. The highest BCUT2D eigenvalue weighted by atomic mass is 32.2. The van der Waals surface area contributed by atoms with Crippen LogP contribution in [-0.2, 0) is 17.1 Å². The monoisotopic (exact) mass is 451 g/mol. The van der Waals surface area contributed by atoms with E-state index >= 15 is 0 Å². The molecule has 0 bridgehead atoms. The molecule has 0 saturated heterocycles. The third-order valence-electron chi connectivity index (χ3n) is 4.17. The fourth-order valence-electron chi connectivity index (χ4n) is 2.69. The maximum absolute atomic E-state index is 13.6. The number of carbonyl (C=O) groups is 1. The Kier molecular flexibility index (Phi) is 7.11. The van der Waals surface area contributed by atoms with Crippen LogP contribution in [0.1, 0.15) is 59.6 Å². The maximum Gasteiger partial charge on any atom is 0.434 e. The van der Waals surface area contributed by atoms with Gasteiger partial charge in [-0.15, -0.1) is 0 Å². The van der Waals surface area contributed by atoms with Gasteiger partial charge in [0, 0.05) is 9.79 Å². The van der Waals surface area contributed by atoms with Crippen LogP contribution in [0.15, 0.2) is 34.1 Å². The molecule has 2 aromatic rings. The Labute approximate surface area is 173 Å². The quantitative estimate of drug-likeness (QED) is 0.367. The second kappa shape index (κ2) is 8.87. The zero-order valence-electron chi connectivity index (χ0n) is 16.5. The summed E-state index contributed by atoms with van der Waals surface area (Å²) in [5, 5.41) is 0. The highest BCUT2D eigenvalue weighted by molar-refractivity contribution is 7.99. The number of alkyl halides is 6. The number of rotatable bonds is 5. The Hall–Kier alpha value is -2.23.